The lowest BCUT2D eigenvalue weighted by Crippen LogP contribution is -1.93. The molecule has 2 aromatic heterocycles. The molecule has 0 aromatic carbocycles. The van der Waals surface area contributed by atoms with Crippen molar-refractivity contribution in [1.29, 1.82) is 0 Å². The van der Waals surface area contributed by atoms with Crippen molar-refractivity contribution in [2.75, 3.05) is 0 Å². The minimum absolute atomic E-state index is 0.457. The Bertz CT molecular complexity index is 434. The molecule has 5 nitrogen and oxygen atoms in total. The van der Waals surface area contributed by atoms with Gasteiger partial charge in [-0.25, -0.2) is 4.98 Å². The van der Waals surface area contributed by atoms with E-state index in [2.05, 4.69) is 15.2 Å². The van der Waals surface area contributed by atoms with Gasteiger partial charge < -0.3 is 0 Å². The van der Waals surface area contributed by atoms with Crippen LogP contribution in [0.3, 0.4) is 0 Å². The number of hydrogen-bond acceptors (Lipinski definition) is 4. The third-order valence-electron chi connectivity index (χ3n) is 1.65. The highest BCUT2D eigenvalue weighted by Gasteiger charge is 2.04. The summed E-state index contributed by atoms with van der Waals surface area (Å²) >= 11 is 0. The Balaban J connectivity index is 2.89. The SMILES string of the molecule is Cc1nnc2c(C=O)cncn12. The summed E-state index contributed by atoms with van der Waals surface area (Å²) < 4.78 is 1.67. The third kappa shape index (κ3) is 0.795. The lowest BCUT2D eigenvalue weighted by Gasteiger charge is -1.93. The zero-order valence-corrected chi connectivity index (χ0v) is 6.43. The van der Waals surface area contributed by atoms with Crippen molar-refractivity contribution in [3.63, 3.8) is 0 Å². The second-order valence-electron chi connectivity index (χ2n) is 2.41. The molecule has 0 aliphatic rings. The number of aldehydes is 1. The van der Waals surface area contributed by atoms with Gasteiger partial charge in [-0.2, -0.15) is 0 Å². The molecule has 5 heteroatoms. The van der Waals surface area contributed by atoms with E-state index in [0.717, 1.165) is 12.1 Å². The van der Waals surface area contributed by atoms with Crippen LogP contribution >= 0.6 is 0 Å². The van der Waals surface area contributed by atoms with Gasteiger partial charge in [-0.1, -0.05) is 0 Å². The fourth-order valence-corrected chi connectivity index (χ4v) is 1.03. The molecule has 0 fully saturated rings. The lowest BCUT2D eigenvalue weighted by atomic mass is 10.3. The molecule has 0 atom stereocenters. The molecular weight excluding hydrogens is 156 g/mol. The van der Waals surface area contributed by atoms with Crippen LogP contribution in [0.1, 0.15) is 16.2 Å². The van der Waals surface area contributed by atoms with Crippen molar-refractivity contribution < 1.29 is 4.79 Å². The molecule has 60 valence electrons. The molecule has 0 radical (unpaired) electrons. The highest BCUT2D eigenvalue weighted by Crippen LogP contribution is 2.04. The number of carbonyl (C=O) groups is 1. The molecule has 0 amide bonds. The highest BCUT2D eigenvalue weighted by atomic mass is 16.1. The maximum Gasteiger partial charge on any atom is 0.174 e. The van der Waals surface area contributed by atoms with Crippen molar-refractivity contribution in [3.8, 4) is 0 Å². The van der Waals surface area contributed by atoms with Crippen molar-refractivity contribution >= 4 is 11.9 Å². The van der Waals surface area contributed by atoms with Crippen molar-refractivity contribution in [1.82, 2.24) is 19.6 Å². The molecule has 2 heterocycles. The molecule has 0 N–H and O–H groups in total. The van der Waals surface area contributed by atoms with E-state index in [-0.39, 0.29) is 0 Å². The van der Waals surface area contributed by atoms with Crippen LogP contribution in [-0.4, -0.2) is 25.9 Å². The topological polar surface area (TPSA) is 60.2 Å². The molecule has 0 saturated heterocycles. The van der Waals surface area contributed by atoms with E-state index in [1.807, 2.05) is 0 Å². The van der Waals surface area contributed by atoms with E-state index in [1.54, 1.807) is 17.7 Å². The summed E-state index contributed by atoms with van der Waals surface area (Å²) in [6.45, 7) is 1.80. The third-order valence-corrected chi connectivity index (χ3v) is 1.65. The quantitative estimate of drug-likeness (QED) is 0.564. The van der Waals surface area contributed by atoms with Crippen LogP contribution < -0.4 is 0 Å². The summed E-state index contributed by atoms with van der Waals surface area (Å²) in [5.41, 5.74) is 1.01. The van der Waals surface area contributed by atoms with E-state index in [9.17, 15) is 4.79 Å². The Kier molecular flexibility index (Phi) is 1.36. The molecule has 2 rings (SSSR count). The fourth-order valence-electron chi connectivity index (χ4n) is 1.03. The summed E-state index contributed by atoms with van der Waals surface area (Å²) in [4.78, 5) is 14.4. The average molecular weight is 162 g/mol. The first-order chi connectivity index (χ1) is 5.83. The number of fused-ring (bicyclic) bond motifs is 1. The summed E-state index contributed by atoms with van der Waals surface area (Å²) in [6.07, 6.45) is 3.77. The Labute approximate surface area is 68.1 Å². The molecule has 0 aliphatic carbocycles. The first-order valence-corrected chi connectivity index (χ1v) is 3.43. The molecule has 0 unspecified atom stereocenters. The monoisotopic (exact) mass is 162 g/mol. The second kappa shape index (κ2) is 2.37. The van der Waals surface area contributed by atoms with Crippen LogP contribution in [0.2, 0.25) is 0 Å². The zero-order chi connectivity index (χ0) is 8.55. The summed E-state index contributed by atoms with van der Waals surface area (Å²) in [7, 11) is 0. The van der Waals surface area contributed by atoms with Gasteiger partial charge in [0.05, 0.1) is 5.56 Å². The van der Waals surface area contributed by atoms with Gasteiger partial charge in [0, 0.05) is 6.20 Å². The minimum Gasteiger partial charge on any atom is -0.298 e. The number of carbonyl (C=O) groups excluding carboxylic acids is 1. The summed E-state index contributed by atoms with van der Waals surface area (Å²) in [6, 6.07) is 0. The Morgan fingerprint density at radius 3 is 3.08 bits per heavy atom. The predicted octanol–water partition coefficient (Wildman–Crippen LogP) is 0.245. The Morgan fingerprint density at radius 2 is 2.33 bits per heavy atom. The predicted molar refractivity (Wildman–Crippen MR) is 40.9 cm³/mol. The average Bonchev–Trinajstić information content (AvgIpc) is 2.48. The standard InChI is InChI=1S/C7H6N4O/c1-5-9-10-7-6(3-12)2-8-4-11(5)7/h2-4H,1H3. The molecule has 12 heavy (non-hydrogen) atoms. The van der Waals surface area contributed by atoms with Gasteiger partial charge in [0.1, 0.15) is 12.2 Å². The van der Waals surface area contributed by atoms with Gasteiger partial charge in [-0.15, -0.1) is 10.2 Å². The molecular formula is C7H6N4O. The zero-order valence-electron chi connectivity index (χ0n) is 6.43. The number of hydrogen-bond donors (Lipinski definition) is 0. The van der Waals surface area contributed by atoms with Crippen LogP contribution in [0.4, 0.5) is 0 Å². The van der Waals surface area contributed by atoms with E-state index in [0.29, 0.717) is 11.2 Å². The van der Waals surface area contributed by atoms with Crippen molar-refractivity contribution in [3.05, 3.63) is 23.9 Å². The number of aromatic nitrogens is 4. The number of nitrogens with zero attached hydrogens (tertiary/aromatic N) is 4. The van der Waals surface area contributed by atoms with Crippen LogP contribution in [0.15, 0.2) is 12.5 Å². The maximum atomic E-state index is 10.5. The van der Waals surface area contributed by atoms with Crippen molar-refractivity contribution in [2.45, 2.75) is 6.92 Å². The van der Waals surface area contributed by atoms with Gasteiger partial charge in [0.2, 0.25) is 0 Å². The number of aryl methyl sites for hydroxylation is 1. The number of rotatable bonds is 1. The van der Waals surface area contributed by atoms with Gasteiger partial charge in [-0.05, 0) is 6.92 Å². The first-order valence-electron chi connectivity index (χ1n) is 3.43. The lowest BCUT2D eigenvalue weighted by molar-refractivity contribution is 0.112. The van der Waals surface area contributed by atoms with Crippen LogP contribution in [0.5, 0.6) is 0 Å². The van der Waals surface area contributed by atoms with Crippen LogP contribution in [0.25, 0.3) is 5.65 Å². The van der Waals surface area contributed by atoms with Crippen molar-refractivity contribution in [2.24, 2.45) is 0 Å². The Morgan fingerprint density at radius 1 is 1.50 bits per heavy atom. The molecule has 0 aliphatic heterocycles. The molecule has 0 spiro atoms. The van der Waals surface area contributed by atoms with Gasteiger partial charge in [-0.3, -0.25) is 9.20 Å². The van der Waals surface area contributed by atoms with E-state index < -0.39 is 0 Å². The molecule has 2 aromatic rings. The fraction of sp³-hybridized carbons (Fsp3) is 0.143. The summed E-state index contributed by atoms with van der Waals surface area (Å²) in [5, 5.41) is 7.65. The van der Waals surface area contributed by atoms with Gasteiger partial charge in [0.15, 0.2) is 11.9 Å². The minimum atomic E-state index is 0.457. The highest BCUT2D eigenvalue weighted by molar-refractivity contribution is 5.83. The van der Waals surface area contributed by atoms with Crippen LogP contribution in [-0.2, 0) is 0 Å². The van der Waals surface area contributed by atoms with E-state index in [4.69, 9.17) is 0 Å². The normalized spacial score (nSPS) is 10.4. The van der Waals surface area contributed by atoms with Gasteiger partial charge in [0.25, 0.3) is 0 Å². The van der Waals surface area contributed by atoms with E-state index in [1.165, 1.54) is 6.20 Å². The second-order valence-corrected chi connectivity index (χ2v) is 2.41. The summed E-state index contributed by atoms with van der Waals surface area (Å²) in [5.74, 6) is 0.723. The molecule has 0 bridgehead atoms. The largest absolute Gasteiger partial charge is 0.298 e. The maximum absolute atomic E-state index is 10.5. The molecule has 0 saturated carbocycles. The smallest absolute Gasteiger partial charge is 0.174 e. The van der Waals surface area contributed by atoms with E-state index >= 15 is 0 Å². The van der Waals surface area contributed by atoms with Gasteiger partial charge >= 0.3 is 0 Å². The van der Waals surface area contributed by atoms with Crippen LogP contribution in [0, 0.1) is 6.92 Å². The Hall–Kier alpha value is -1.78. The first kappa shape index (κ1) is 6.90.